The molecule has 0 aromatic carbocycles. The molecule has 0 spiro atoms. The monoisotopic (exact) mass is 310 g/mol. The molecule has 0 aromatic rings. The molecule has 93 valence electrons. The van der Waals surface area contributed by atoms with E-state index in [-0.39, 0.29) is 25.1 Å². The van der Waals surface area contributed by atoms with Gasteiger partial charge in [-0.3, -0.25) is 11.4 Å². The van der Waals surface area contributed by atoms with Crippen molar-refractivity contribution >= 4 is 5.97 Å². The van der Waals surface area contributed by atoms with Gasteiger partial charge in [0.25, 0.3) is 0 Å². The molecule has 2 rings (SSSR count). The van der Waals surface area contributed by atoms with Crippen LogP contribution in [0.1, 0.15) is 39.5 Å². The summed E-state index contributed by atoms with van der Waals surface area (Å²) in [7, 11) is 0. The molecule has 2 saturated carbocycles. The fourth-order valence-electron chi connectivity index (χ4n) is 3.52. The summed E-state index contributed by atoms with van der Waals surface area (Å²) in [6, 6.07) is 0. The second-order valence-electron chi connectivity index (χ2n) is 5.50. The molecule has 2 nitrogen and oxygen atoms in total. The van der Waals surface area contributed by atoms with Crippen LogP contribution < -0.4 is 0 Å². The molecule has 0 aliphatic heterocycles. The molecule has 2 bridgehead atoms. The van der Waals surface area contributed by atoms with Crippen LogP contribution in [0.2, 0.25) is 0 Å². The maximum Gasteiger partial charge on any atom is 0.147 e. The van der Waals surface area contributed by atoms with E-state index in [0.717, 1.165) is 30.6 Å². The van der Waals surface area contributed by atoms with Crippen molar-refractivity contribution in [3.8, 4) is 0 Å². The van der Waals surface area contributed by atoms with E-state index in [0.29, 0.717) is 0 Å². The van der Waals surface area contributed by atoms with E-state index >= 15 is 0 Å². The average Bonchev–Trinajstić information content (AvgIpc) is 2.40. The summed E-state index contributed by atoms with van der Waals surface area (Å²) in [4.78, 5) is 11.2. The molecule has 4 unspecified atom stereocenters. The molecule has 2 fully saturated rings. The van der Waals surface area contributed by atoms with E-state index in [1.165, 1.54) is 12.8 Å². The summed E-state index contributed by atoms with van der Waals surface area (Å²) in [6.45, 7) is 7.70. The van der Waals surface area contributed by atoms with Gasteiger partial charge in [-0.2, -0.15) is 0 Å². The molecule has 0 amide bonds. The quantitative estimate of drug-likeness (QED) is 0.339. The van der Waals surface area contributed by atoms with Gasteiger partial charge in [-0.25, -0.2) is 0 Å². The van der Waals surface area contributed by atoms with Crippen LogP contribution in [0.4, 0.5) is 0 Å². The minimum absolute atomic E-state index is 0. The third-order valence-corrected chi connectivity index (χ3v) is 4.04. The first-order chi connectivity index (χ1) is 7.02. The Bertz CT molecular complexity index is 288. The number of rotatable bonds is 2. The number of hydrogen-bond acceptors (Lipinski definition) is 2. The maximum atomic E-state index is 11.2. The predicted octanol–water partition coefficient (Wildman–Crippen LogP) is 2.73. The number of hydrogen-bond donors (Lipinski definition) is 0. The van der Waals surface area contributed by atoms with Crippen LogP contribution in [0.3, 0.4) is 0 Å². The summed E-state index contributed by atoms with van der Waals surface area (Å²) in [5, 5.41) is 0. The molecule has 0 heterocycles. The van der Waals surface area contributed by atoms with Crippen LogP contribution in [0.25, 0.3) is 0 Å². The second kappa shape index (κ2) is 5.00. The molecular weight excluding hydrogens is 291 g/mol. The molecule has 0 saturated heterocycles. The number of ether oxygens (including phenoxy) is 1. The van der Waals surface area contributed by atoms with Crippen molar-refractivity contribution in [3.05, 3.63) is 12.7 Å². The van der Waals surface area contributed by atoms with E-state index in [2.05, 4.69) is 26.5 Å². The van der Waals surface area contributed by atoms with E-state index in [1.807, 2.05) is 0 Å². The molecule has 3 heteroatoms. The summed E-state index contributed by atoms with van der Waals surface area (Å²) in [5.74, 6) is 1.89. The van der Waals surface area contributed by atoms with Gasteiger partial charge in [0.1, 0.15) is 11.6 Å². The molecule has 2 aliphatic carbocycles. The first-order valence-corrected chi connectivity index (χ1v) is 5.78. The van der Waals surface area contributed by atoms with Gasteiger partial charge in [0.15, 0.2) is 0 Å². The van der Waals surface area contributed by atoms with Crippen LogP contribution in [0, 0.1) is 23.8 Å². The topological polar surface area (TPSA) is 26.3 Å². The number of esters is 1. The Hall–Kier alpha value is -0.167. The van der Waals surface area contributed by atoms with Gasteiger partial charge in [0.2, 0.25) is 0 Å². The fraction of sp³-hybridized carbons (Fsp3) is 0.769. The number of carbonyl (C=O) groups excluding carboxylic acids is 1. The zero-order valence-electron chi connectivity index (χ0n) is 9.92. The van der Waals surface area contributed by atoms with Gasteiger partial charge in [-0.05, 0) is 50.4 Å². The zero-order valence-corrected chi connectivity index (χ0v) is 11.6. The average molecular weight is 310 g/mol. The van der Waals surface area contributed by atoms with Crippen molar-refractivity contribution in [1.82, 2.24) is 0 Å². The second-order valence-corrected chi connectivity index (χ2v) is 5.50. The van der Waals surface area contributed by atoms with Crippen molar-refractivity contribution in [2.45, 2.75) is 45.1 Å². The van der Waals surface area contributed by atoms with Gasteiger partial charge in [0, 0.05) is 19.5 Å². The van der Waals surface area contributed by atoms with Crippen molar-refractivity contribution in [2.24, 2.45) is 17.8 Å². The van der Waals surface area contributed by atoms with Crippen LogP contribution in [0.15, 0.2) is 6.58 Å². The van der Waals surface area contributed by atoms with Crippen molar-refractivity contribution < 1.29 is 29.0 Å². The largest absolute Gasteiger partial charge is 0.484 e. The zero-order chi connectivity index (χ0) is 11.1. The minimum atomic E-state index is -0.397. The van der Waals surface area contributed by atoms with Crippen LogP contribution >= 0.6 is 0 Å². The number of fused-ring (bicyclic) bond motifs is 2. The van der Waals surface area contributed by atoms with Gasteiger partial charge in [0.05, 0.1) is 0 Å². The van der Waals surface area contributed by atoms with Gasteiger partial charge < -0.3 is 10.8 Å². The molecule has 0 aromatic heterocycles. The Morgan fingerprint density at radius 2 is 2.12 bits per heavy atom. The first kappa shape index (κ1) is 13.9. The van der Waals surface area contributed by atoms with Crippen LogP contribution in [-0.2, 0) is 29.0 Å². The fourth-order valence-corrected chi connectivity index (χ4v) is 3.52. The Labute approximate surface area is 111 Å². The Morgan fingerprint density at radius 3 is 2.69 bits per heavy atom. The SMILES string of the molecule is C=[C-]C(=O)OC1(C)CC2CC(C)C(C2)C1.[Rh]. The van der Waals surface area contributed by atoms with E-state index in [9.17, 15) is 4.79 Å². The molecule has 4 atom stereocenters. The number of carbonyl (C=O) groups is 1. The summed E-state index contributed by atoms with van der Waals surface area (Å²) < 4.78 is 5.44. The Kier molecular flexibility index (Phi) is 4.34. The van der Waals surface area contributed by atoms with Crippen molar-refractivity contribution in [2.75, 3.05) is 0 Å². The van der Waals surface area contributed by atoms with Crippen LogP contribution in [0.5, 0.6) is 0 Å². The predicted molar refractivity (Wildman–Crippen MR) is 58.0 cm³/mol. The summed E-state index contributed by atoms with van der Waals surface area (Å²) in [5.41, 5.74) is -0.264. The van der Waals surface area contributed by atoms with E-state index < -0.39 is 5.97 Å². The van der Waals surface area contributed by atoms with Crippen molar-refractivity contribution in [1.29, 1.82) is 0 Å². The van der Waals surface area contributed by atoms with Crippen molar-refractivity contribution in [3.63, 3.8) is 0 Å². The standard InChI is InChI=1S/C13H19O2.Rh/c1-4-12(14)15-13(3)7-10-5-9(2)11(6-10)8-13;/h9-11H,1,5-8H2,2-3H3;/q-1;. The Balaban J connectivity index is 0.00000128. The summed E-state index contributed by atoms with van der Waals surface area (Å²) >= 11 is 0. The minimum Gasteiger partial charge on any atom is -0.484 e. The van der Waals surface area contributed by atoms with E-state index in [1.54, 1.807) is 0 Å². The summed E-state index contributed by atoms with van der Waals surface area (Å²) in [6.07, 6.45) is 6.94. The first-order valence-electron chi connectivity index (χ1n) is 5.78. The normalized spacial score (nSPS) is 41.0. The molecular formula is C13H19O2Rh-. The van der Waals surface area contributed by atoms with Gasteiger partial charge in [-0.1, -0.05) is 6.92 Å². The van der Waals surface area contributed by atoms with E-state index in [4.69, 9.17) is 4.74 Å². The third-order valence-electron chi connectivity index (χ3n) is 4.04. The smallest absolute Gasteiger partial charge is 0.147 e. The molecule has 16 heavy (non-hydrogen) atoms. The third kappa shape index (κ3) is 2.74. The molecule has 1 radical (unpaired) electrons. The Morgan fingerprint density at radius 1 is 1.44 bits per heavy atom. The maximum absolute atomic E-state index is 11.2. The van der Waals surface area contributed by atoms with Gasteiger partial charge >= 0.3 is 0 Å². The van der Waals surface area contributed by atoms with Crippen LogP contribution in [-0.4, -0.2) is 11.6 Å². The van der Waals surface area contributed by atoms with Gasteiger partial charge in [-0.15, -0.1) is 0 Å². The molecule has 0 N–H and O–H groups in total. The molecule has 2 aliphatic rings.